The average molecular weight is 421 g/mol. The van der Waals surface area contributed by atoms with Gasteiger partial charge in [0.2, 0.25) is 0 Å². The molecule has 1 fully saturated rings. The number of halogens is 1. The van der Waals surface area contributed by atoms with E-state index in [0.29, 0.717) is 22.1 Å². The van der Waals surface area contributed by atoms with Crippen molar-refractivity contribution in [3.05, 3.63) is 89.1 Å². The normalized spacial score (nSPS) is 16.8. The molecule has 2 heterocycles. The Kier molecular flexibility index (Phi) is 6.62. The molecule has 0 unspecified atom stereocenters. The van der Waals surface area contributed by atoms with Gasteiger partial charge >= 0.3 is 0 Å². The summed E-state index contributed by atoms with van der Waals surface area (Å²) >= 11 is 6.03. The summed E-state index contributed by atoms with van der Waals surface area (Å²) in [5.74, 6) is 0.411. The number of aromatic nitrogens is 1. The molecule has 154 valence electrons. The van der Waals surface area contributed by atoms with E-state index in [1.165, 1.54) is 5.56 Å². The minimum atomic E-state index is -0.204. The van der Waals surface area contributed by atoms with Gasteiger partial charge < -0.3 is 10.6 Å². The zero-order chi connectivity index (χ0) is 20.8. The van der Waals surface area contributed by atoms with E-state index >= 15 is 0 Å². The highest BCUT2D eigenvalue weighted by Gasteiger charge is 2.22. The fourth-order valence-corrected chi connectivity index (χ4v) is 4.01. The van der Waals surface area contributed by atoms with Crippen LogP contribution in [0, 0.1) is 0 Å². The number of nitrogens with zero attached hydrogens (tertiary/aromatic N) is 2. The Bertz CT molecular complexity index is 995. The van der Waals surface area contributed by atoms with Gasteiger partial charge in [0.25, 0.3) is 5.91 Å². The summed E-state index contributed by atoms with van der Waals surface area (Å²) in [7, 11) is 0. The van der Waals surface area contributed by atoms with Gasteiger partial charge in [-0.3, -0.25) is 9.69 Å². The van der Waals surface area contributed by atoms with Crippen molar-refractivity contribution < 1.29 is 4.79 Å². The number of pyridine rings is 1. The Hall–Kier alpha value is -2.89. The van der Waals surface area contributed by atoms with Gasteiger partial charge in [-0.2, -0.15) is 0 Å². The number of likely N-dealkylation sites (tertiary alicyclic amines) is 1. The summed E-state index contributed by atoms with van der Waals surface area (Å²) < 4.78 is 0. The van der Waals surface area contributed by atoms with E-state index in [9.17, 15) is 4.79 Å². The highest BCUT2D eigenvalue weighted by atomic mass is 35.5. The number of hydrogen-bond acceptors (Lipinski definition) is 4. The summed E-state index contributed by atoms with van der Waals surface area (Å²) in [6.07, 6.45) is 3.88. The van der Waals surface area contributed by atoms with Crippen molar-refractivity contribution in [2.75, 3.05) is 23.7 Å². The van der Waals surface area contributed by atoms with E-state index in [1.807, 2.05) is 18.2 Å². The second kappa shape index (κ2) is 9.74. The fourth-order valence-electron chi connectivity index (χ4n) is 3.82. The third-order valence-corrected chi connectivity index (χ3v) is 5.47. The minimum absolute atomic E-state index is 0.204. The molecule has 1 aliphatic heterocycles. The number of benzene rings is 2. The lowest BCUT2D eigenvalue weighted by Gasteiger charge is -2.33. The Morgan fingerprint density at radius 2 is 1.97 bits per heavy atom. The SMILES string of the molecule is O=C(Nc1cccc(Cl)c1)c1cccnc1N[C@H]1CCCN(Cc2ccccc2)C1. The zero-order valence-electron chi connectivity index (χ0n) is 16.7. The maximum absolute atomic E-state index is 12.8. The van der Waals surface area contributed by atoms with Gasteiger partial charge in [0.15, 0.2) is 0 Å². The monoisotopic (exact) mass is 420 g/mol. The molecule has 3 aromatic rings. The van der Waals surface area contributed by atoms with Gasteiger partial charge in [-0.15, -0.1) is 0 Å². The standard InChI is InChI=1S/C24H25ClN4O/c25-19-9-4-10-20(15-19)28-24(30)22-12-5-13-26-23(22)27-21-11-6-14-29(17-21)16-18-7-2-1-3-8-18/h1-5,7-10,12-13,15,21H,6,11,14,16-17H2,(H,26,27)(H,28,30)/t21-/m0/s1. The molecule has 2 N–H and O–H groups in total. The highest BCUT2D eigenvalue weighted by molar-refractivity contribution is 6.31. The summed E-state index contributed by atoms with van der Waals surface area (Å²) in [4.78, 5) is 19.7. The summed E-state index contributed by atoms with van der Waals surface area (Å²) in [6, 6.07) is 21.5. The van der Waals surface area contributed by atoms with E-state index in [-0.39, 0.29) is 11.9 Å². The molecule has 2 aromatic carbocycles. The smallest absolute Gasteiger partial charge is 0.259 e. The van der Waals surface area contributed by atoms with Crippen LogP contribution >= 0.6 is 11.6 Å². The van der Waals surface area contributed by atoms with E-state index in [1.54, 1.807) is 30.5 Å². The molecule has 0 saturated carbocycles. The second-order valence-electron chi connectivity index (χ2n) is 7.57. The van der Waals surface area contributed by atoms with Gasteiger partial charge in [0.05, 0.1) is 5.56 Å². The summed E-state index contributed by atoms with van der Waals surface area (Å²) in [5, 5.41) is 6.99. The molecule has 1 aliphatic rings. The Morgan fingerprint density at radius 1 is 1.10 bits per heavy atom. The first-order valence-corrected chi connectivity index (χ1v) is 10.6. The maximum Gasteiger partial charge on any atom is 0.259 e. The second-order valence-corrected chi connectivity index (χ2v) is 8.00. The molecule has 6 heteroatoms. The number of nitrogens with one attached hydrogen (secondary N) is 2. The lowest BCUT2D eigenvalue weighted by Crippen LogP contribution is -2.42. The Labute approximate surface area is 182 Å². The molecule has 5 nitrogen and oxygen atoms in total. The number of piperidine rings is 1. The van der Waals surface area contributed by atoms with Crippen molar-refractivity contribution in [1.29, 1.82) is 0 Å². The maximum atomic E-state index is 12.8. The topological polar surface area (TPSA) is 57.3 Å². The third-order valence-electron chi connectivity index (χ3n) is 5.23. The minimum Gasteiger partial charge on any atom is -0.365 e. The van der Waals surface area contributed by atoms with Gasteiger partial charge in [0, 0.05) is 36.0 Å². The first kappa shape index (κ1) is 20.4. The van der Waals surface area contributed by atoms with Crippen LogP contribution in [0.1, 0.15) is 28.8 Å². The van der Waals surface area contributed by atoms with Crippen LogP contribution in [0.4, 0.5) is 11.5 Å². The van der Waals surface area contributed by atoms with Gasteiger partial charge in [0.1, 0.15) is 5.82 Å². The number of carbonyl (C=O) groups excluding carboxylic acids is 1. The molecular formula is C24H25ClN4O. The number of amides is 1. The largest absolute Gasteiger partial charge is 0.365 e. The quantitative estimate of drug-likeness (QED) is 0.585. The van der Waals surface area contributed by atoms with Crippen LogP contribution < -0.4 is 10.6 Å². The number of hydrogen-bond donors (Lipinski definition) is 2. The van der Waals surface area contributed by atoms with Crippen LogP contribution in [-0.4, -0.2) is 34.9 Å². The Balaban J connectivity index is 1.42. The van der Waals surface area contributed by atoms with Crippen LogP contribution in [0.5, 0.6) is 0 Å². The molecule has 1 atom stereocenters. The van der Waals surface area contributed by atoms with E-state index in [2.05, 4.69) is 44.8 Å². The predicted molar refractivity (Wildman–Crippen MR) is 122 cm³/mol. The molecule has 1 aromatic heterocycles. The third kappa shape index (κ3) is 5.38. The van der Waals surface area contributed by atoms with Crippen LogP contribution in [0.15, 0.2) is 72.9 Å². The van der Waals surface area contributed by atoms with E-state index in [4.69, 9.17) is 11.6 Å². The summed E-state index contributed by atoms with van der Waals surface area (Å²) in [6.45, 7) is 2.93. The van der Waals surface area contributed by atoms with E-state index < -0.39 is 0 Å². The fraction of sp³-hybridized carbons (Fsp3) is 0.250. The van der Waals surface area contributed by atoms with Crippen LogP contribution in [-0.2, 0) is 6.54 Å². The van der Waals surface area contributed by atoms with Crippen molar-refractivity contribution in [3.8, 4) is 0 Å². The molecular weight excluding hydrogens is 396 g/mol. The van der Waals surface area contributed by atoms with Crippen molar-refractivity contribution in [2.45, 2.75) is 25.4 Å². The predicted octanol–water partition coefficient (Wildman–Crippen LogP) is 5.06. The molecule has 0 bridgehead atoms. The molecule has 4 rings (SSSR count). The van der Waals surface area contributed by atoms with Crippen LogP contribution in [0.25, 0.3) is 0 Å². The lowest BCUT2D eigenvalue weighted by molar-refractivity contribution is 0.102. The van der Waals surface area contributed by atoms with Gasteiger partial charge in [-0.05, 0) is 55.3 Å². The number of rotatable bonds is 6. The van der Waals surface area contributed by atoms with Crippen molar-refractivity contribution >= 4 is 29.0 Å². The molecule has 30 heavy (non-hydrogen) atoms. The highest BCUT2D eigenvalue weighted by Crippen LogP contribution is 2.21. The first-order valence-electron chi connectivity index (χ1n) is 10.2. The van der Waals surface area contributed by atoms with Gasteiger partial charge in [-0.25, -0.2) is 4.98 Å². The molecule has 1 amide bonds. The van der Waals surface area contributed by atoms with E-state index in [0.717, 1.165) is 32.5 Å². The average Bonchev–Trinajstić information content (AvgIpc) is 2.75. The molecule has 0 radical (unpaired) electrons. The van der Waals surface area contributed by atoms with Crippen molar-refractivity contribution in [3.63, 3.8) is 0 Å². The molecule has 0 spiro atoms. The summed E-state index contributed by atoms with van der Waals surface area (Å²) in [5.41, 5.74) is 2.50. The lowest BCUT2D eigenvalue weighted by atomic mass is 10.0. The van der Waals surface area contributed by atoms with Gasteiger partial charge in [-0.1, -0.05) is 48.0 Å². The number of anilines is 2. The zero-order valence-corrected chi connectivity index (χ0v) is 17.5. The molecule has 0 aliphatic carbocycles. The molecule has 1 saturated heterocycles. The van der Waals surface area contributed by atoms with Crippen molar-refractivity contribution in [2.24, 2.45) is 0 Å². The van der Waals surface area contributed by atoms with Crippen molar-refractivity contribution in [1.82, 2.24) is 9.88 Å². The first-order chi connectivity index (χ1) is 14.7. The van der Waals surface area contributed by atoms with Crippen LogP contribution in [0.2, 0.25) is 5.02 Å². The number of carbonyl (C=O) groups is 1. The van der Waals surface area contributed by atoms with Crippen LogP contribution in [0.3, 0.4) is 0 Å². The Morgan fingerprint density at radius 3 is 2.80 bits per heavy atom.